The zero-order valence-corrected chi connectivity index (χ0v) is 7.95. The van der Waals surface area contributed by atoms with Crippen molar-refractivity contribution in [2.45, 2.75) is 6.42 Å². The number of hydrogen-bond donors (Lipinski definition) is 0. The van der Waals surface area contributed by atoms with Gasteiger partial charge in [-0.15, -0.1) is 0 Å². The summed E-state index contributed by atoms with van der Waals surface area (Å²) in [6.45, 7) is 5.02. The van der Waals surface area contributed by atoms with Crippen LogP contribution >= 0.6 is 0 Å². The topological polar surface area (TPSA) is 18.5 Å². The van der Waals surface area contributed by atoms with Crippen LogP contribution in [0.3, 0.4) is 0 Å². The highest BCUT2D eigenvalue weighted by atomic mass is 16.5. The zero-order chi connectivity index (χ0) is 9.52. The van der Waals surface area contributed by atoms with Gasteiger partial charge in [0, 0.05) is 7.11 Å². The number of ether oxygens (including phenoxy) is 2. The van der Waals surface area contributed by atoms with E-state index >= 15 is 0 Å². The summed E-state index contributed by atoms with van der Waals surface area (Å²) in [5.41, 5.74) is 1.22. The van der Waals surface area contributed by atoms with Crippen LogP contribution in [0, 0.1) is 6.92 Å². The molecule has 0 aliphatic rings. The predicted octanol–water partition coefficient (Wildman–Crippen LogP) is 2.09. The van der Waals surface area contributed by atoms with E-state index in [9.17, 15) is 0 Å². The third-order valence-corrected chi connectivity index (χ3v) is 1.77. The van der Waals surface area contributed by atoms with Crippen molar-refractivity contribution in [1.29, 1.82) is 0 Å². The average Bonchev–Trinajstić information content (AvgIpc) is 2.19. The van der Waals surface area contributed by atoms with Crippen molar-refractivity contribution in [2.75, 3.05) is 20.3 Å². The van der Waals surface area contributed by atoms with Crippen LogP contribution in [0.4, 0.5) is 0 Å². The lowest BCUT2D eigenvalue weighted by Gasteiger charge is -2.05. The number of rotatable bonds is 5. The van der Waals surface area contributed by atoms with Gasteiger partial charge in [-0.2, -0.15) is 0 Å². The average molecular weight is 179 g/mol. The first-order valence-electron chi connectivity index (χ1n) is 4.36. The summed E-state index contributed by atoms with van der Waals surface area (Å²) in [5, 5.41) is 0. The Kier molecular flexibility index (Phi) is 4.33. The molecule has 1 aromatic rings. The Balaban J connectivity index is 2.40. The van der Waals surface area contributed by atoms with Gasteiger partial charge in [-0.1, -0.05) is 12.1 Å². The standard InChI is InChI=1S/C11H15O2/c1-3-10-4-6-11(7-5-10)13-9-8-12-2/h4-7H,1,3,8-9H2,2H3. The molecule has 0 aliphatic carbocycles. The summed E-state index contributed by atoms with van der Waals surface area (Å²) in [7, 11) is 1.66. The van der Waals surface area contributed by atoms with E-state index in [4.69, 9.17) is 9.47 Å². The molecule has 0 aromatic heterocycles. The molecule has 0 aliphatic heterocycles. The Morgan fingerprint density at radius 3 is 2.38 bits per heavy atom. The van der Waals surface area contributed by atoms with Crippen molar-refractivity contribution in [1.82, 2.24) is 0 Å². The van der Waals surface area contributed by atoms with Gasteiger partial charge in [0.1, 0.15) is 12.4 Å². The van der Waals surface area contributed by atoms with Crippen LogP contribution in [-0.4, -0.2) is 20.3 Å². The molecule has 0 heterocycles. The molecule has 0 spiro atoms. The monoisotopic (exact) mass is 179 g/mol. The fourth-order valence-corrected chi connectivity index (χ4v) is 0.995. The van der Waals surface area contributed by atoms with E-state index in [-0.39, 0.29) is 0 Å². The van der Waals surface area contributed by atoms with E-state index in [1.807, 2.05) is 24.3 Å². The van der Waals surface area contributed by atoms with Crippen LogP contribution < -0.4 is 4.74 Å². The first-order chi connectivity index (χ1) is 6.36. The Labute approximate surface area is 79.5 Å². The van der Waals surface area contributed by atoms with E-state index in [1.165, 1.54) is 5.56 Å². The van der Waals surface area contributed by atoms with Gasteiger partial charge >= 0.3 is 0 Å². The maximum Gasteiger partial charge on any atom is 0.119 e. The normalized spacial score (nSPS) is 10.0. The second-order valence-electron chi connectivity index (χ2n) is 2.74. The Morgan fingerprint density at radius 2 is 1.85 bits per heavy atom. The van der Waals surface area contributed by atoms with Crippen LogP contribution in [-0.2, 0) is 11.2 Å². The minimum absolute atomic E-state index is 0.597. The summed E-state index contributed by atoms with van der Waals surface area (Å²) in [6.07, 6.45) is 0.818. The third kappa shape index (κ3) is 3.47. The fourth-order valence-electron chi connectivity index (χ4n) is 0.995. The number of methoxy groups -OCH3 is 1. The summed E-state index contributed by atoms with van der Waals surface area (Å²) in [4.78, 5) is 0. The molecule has 0 atom stereocenters. The smallest absolute Gasteiger partial charge is 0.119 e. The Morgan fingerprint density at radius 1 is 1.15 bits per heavy atom. The van der Waals surface area contributed by atoms with Gasteiger partial charge in [0.15, 0.2) is 0 Å². The zero-order valence-electron chi connectivity index (χ0n) is 7.95. The molecular formula is C11H15O2. The fraction of sp³-hybridized carbons (Fsp3) is 0.364. The lowest BCUT2D eigenvalue weighted by atomic mass is 10.2. The van der Waals surface area contributed by atoms with Gasteiger partial charge in [0.25, 0.3) is 0 Å². The molecule has 1 rings (SSSR count). The van der Waals surface area contributed by atoms with E-state index in [0.717, 1.165) is 12.2 Å². The summed E-state index contributed by atoms with van der Waals surface area (Å²) in [6, 6.07) is 7.95. The Hall–Kier alpha value is -1.02. The molecule has 13 heavy (non-hydrogen) atoms. The lowest BCUT2D eigenvalue weighted by Crippen LogP contribution is -2.03. The van der Waals surface area contributed by atoms with Crippen molar-refractivity contribution >= 4 is 0 Å². The number of hydrogen-bond acceptors (Lipinski definition) is 2. The highest BCUT2D eigenvalue weighted by Gasteiger charge is 1.93. The van der Waals surface area contributed by atoms with Gasteiger partial charge in [0.2, 0.25) is 0 Å². The molecule has 0 unspecified atom stereocenters. The van der Waals surface area contributed by atoms with E-state index < -0.39 is 0 Å². The predicted molar refractivity (Wildman–Crippen MR) is 52.9 cm³/mol. The first-order valence-corrected chi connectivity index (χ1v) is 4.36. The molecule has 2 heteroatoms. The van der Waals surface area contributed by atoms with Gasteiger partial charge < -0.3 is 9.47 Å². The molecule has 0 fully saturated rings. The largest absolute Gasteiger partial charge is 0.491 e. The van der Waals surface area contributed by atoms with Crippen molar-refractivity contribution in [3.8, 4) is 5.75 Å². The van der Waals surface area contributed by atoms with Crippen molar-refractivity contribution in [2.24, 2.45) is 0 Å². The maximum atomic E-state index is 5.40. The SMILES string of the molecule is [CH2]Cc1ccc(OCCOC)cc1. The van der Waals surface area contributed by atoms with Gasteiger partial charge in [-0.25, -0.2) is 0 Å². The van der Waals surface area contributed by atoms with Crippen molar-refractivity contribution < 1.29 is 9.47 Å². The maximum absolute atomic E-state index is 5.40. The van der Waals surface area contributed by atoms with Crippen LogP contribution in [0.25, 0.3) is 0 Å². The molecule has 2 nitrogen and oxygen atoms in total. The van der Waals surface area contributed by atoms with Crippen LogP contribution in [0.5, 0.6) is 5.75 Å². The van der Waals surface area contributed by atoms with E-state index in [1.54, 1.807) is 7.11 Å². The number of benzene rings is 1. The summed E-state index contributed by atoms with van der Waals surface area (Å²) < 4.78 is 10.3. The molecular weight excluding hydrogens is 164 g/mol. The second kappa shape index (κ2) is 5.60. The second-order valence-corrected chi connectivity index (χ2v) is 2.74. The highest BCUT2D eigenvalue weighted by molar-refractivity contribution is 5.27. The first kappa shape index (κ1) is 10.1. The van der Waals surface area contributed by atoms with Crippen molar-refractivity contribution in [3.05, 3.63) is 36.8 Å². The van der Waals surface area contributed by atoms with Crippen LogP contribution in [0.2, 0.25) is 0 Å². The van der Waals surface area contributed by atoms with Crippen LogP contribution in [0.1, 0.15) is 5.56 Å². The minimum Gasteiger partial charge on any atom is -0.491 e. The minimum atomic E-state index is 0.597. The molecule has 0 amide bonds. The summed E-state index contributed by atoms with van der Waals surface area (Å²) in [5.74, 6) is 0.884. The molecule has 1 aromatic carbocycles. The molecule has 0 saturated heterocycles. The molecule has 0 bridgehead atoms. The highest BCUT2D eigenvalue weighted by Crippen LogP contribution is 2.11. The molecule has 0 N–H and O–H groups in total. The van der Waals surface area contributed by atoms with Crippen LogP contribution in [0.15, 0.2) is 24.3 Å². The van der Waals surface area contributed by atoms with Crippen molar-refractivity contribution in [3.63, 3.8) is 0 Å². The lowest BCUT2D eigenvalue weighted by molar-refractivity contribution is 0.146. The van der Waals surface area contributed by atoms with E-state index in [0.29, 0.717) is 13.2 Å². The Bertz CT molecular complexity index is 228. The molecule has 71 valence electrons. The molecule has 0 saturated carbocycles. The quantitative estimate of drug-likeness (QED) is 0.644. The van der Waals surface area contributed by atoms with E-state index in [2.05, 4.69) is 6.92 Å². The summed E-state index contributed by atoms with van der Waals surface area (Å²) >= 11 is 0. The van der Waals surface area contributed by atoms with Gasteiger partial charge in [0.05, 0.1) is 6.61 Å². The molecule has 1 radical (unpaired) electrons. The van der Waals surface area contributed by atoms with Gasteiger partial charge in [-0.05, 0) is 31.0 Å². The third-order valence-electron chi connectivity index (χ3n) is 1.77. The van der Waals surface area contributed by atoms with Gasteiger partial charge in [-0.3, -0.25) is 0 Å².